The number of hydrogen-bond donors (Lipinski definition) is 3. The number of rotatable bonds is 1. The SMILES string of the molecule is CN1CC[C@]23c4c5ccc(C(N)=O)c4OC2[C@H](N)CC[C@@]3(O)C1C5. The van der Waals surface area contributed by atoms with E-state index in [1.807, 2.05) is 6.07 Å². The Hall–Kier alpha value is -1.63. The van der Waals surface area contributed by atoms with Gasteiger partial charge in [0.15, 0.2) is 0 Å². The monoisotopic (exact) mass is 329 g/mol. The molecule has 2 aliphatic heterocycles. The van der Waals surface area contributed by atoms with Crippen LogP contribution in [0.15, 0.2) is 12.1 Å². The molecule has 2 bridgehead atoms. The molecule has 1 saturated carbocycles. The number of likely N-dealkylation sites (N-methyl/N-ethyl adjacent to an activating group) is 1. The summed E-state index contributed by atoms with van der Waals surface area (Å²) < 4.78 is 6.28. The molecule has 2 heterocycles. The van der Waals surface area contributed by atoms with Crippen LogP contribution in [0.3, 0.4) is 0 Å². The summed E-state index contributed by atoms with van der Waals surface area (Å²) in [7, 11) is 2.08. The fraction of sp³-hybridized carbons (Fsp3) is 0.611. The van der Waals surface area contributed by atoms with Crippen molar-refractivity contribution in [1.29, 1.82) is 0 Å². The third-order valence-electron chi connectivity index (χ3n) is 7.06. The Morgan fingerprint density at radius 3 is 2.96 bits per heavy atom. The van der Waals surface area contributed by atoms with E-state index < -0.39 is 16.9 Å². The molecule has 24 heavy (non-hydrogen) atoms. The van der Waals surface area contributed by atoms with Gasteiger partial charge in [-0.05, 0) is 50.9 Å². The van der Waals surface area contributed by atoms with E-state index in [1.165, 1.54) is 0 Å². The highest BCUT2D eigenvalue weighted by Gasteiger charge is 2.72. The van der Waals surface area contributed by atoms with Gasteiger partial charge >= 0.3 is 0 Å². The van der Waals surface area contributed by atoms with Crippen molar-refractivity contribution < 1.29 is 14.6 Å². The van der Waals surface area contributed by atoms with Gasteiger partial charge in [-0.15, -0.1) is 0 Å². The lowest BCUT2D eigenvalue weighted by Crippen LogP contribution is -2.77. The molecule has 2 fully saturated rings. The molecular weight excluding hydrogens is 306 g/mol. The minimum absolute atomic E-state index is 0.0581. The number of amides is 1. The van der Waals surface area contributed by atoms with Crippen molar-refractivity contribution in [3.05, 3.63) is 28.8 Å². The van der Waals surface area contributed by atoms with Gasteiger partial charge in [-0.2, -0.15) is 0 Å². The summed E-state index contributed by atoms with van der Waals surface area (Å²) in [6.45, 7) is 0.888. The number of piperidine rings is 1. The Balaban J connectivity index is 1.85. The van der Waals surface area contributed by atoms with E-state index >= 15 is 0 Å². The van der Waals surface area contributed by atoms with Gasteiger partial charge < -0.3 is 26.2 Å². The second-order valence-corrected chi connectivity index (χ2v) is 7.93. The van der Waals surface area contributed by atoms with E-state index in [0.29, 0.717) is 17.7 Å². The van der Waals surface area contributed by atoms with Crippen molar-refractivity contribution in [3.63, 3.8) is 0 Å². The fourth-order valence-electron chi connectivity index (χ4n) is 6.00. The molecule has 1 aromatic carbocycles. The van der Waals surface area contributed by atoms with Crippen molar-refractivity contribution >= 4 is 5.91 Å². The molecule has 5 rings (SSSR count). The van der Waals surface area contributed by atoms with Gasteiger partial charge in [-0.25, -0.2) is 0 Å². The van der Waals surface area contributed by atoms with Crippen molar-refractivity contribution in [3.8, 4) is 5.75 Å². The molecule has 2 unspecified atom stereocenters. The highest BCUT2D eigenvalue weighted by atomic mass is 16.5. The average molecular weight is 329 g/mol. The topological polar surface area (TPSA) is 102 Å². The minimum Gasteiger partial charge on any atom is -0.487 e. The highest BCUT2D eigenvalue weighted by Crippen LogP contribution is 2.64. The van der Waals surface area contributed by atoms with Crippen LogP contribution in [0.1, 0.15) is 40.7 Å². The van der Waals surface area contributed by atoms with Crippen LogP contribution in [0.2, 0.25) is 0 Å². The summed E-state index contributed by atoms with van der Waals surface area (Å²) in [5.74, 6) is 0.0822. The van der Waals surface area contributed by atoms with Crippen molar-refractivity contribution in [2.75, 3.05) is 13.6 Å². The van der Waals surface area contributed by atoms with Crippen molar-refractivity contribution in [2.45, 2.75) is 54.9 Å². The van der Waals surface area contributed by atoms with Gasteiger partial charge in [-0.1, -0.05) is 6.07 Å². The first kappa shape index (κ1) is 14.7. The number of ether oxygens (including phenoxy) is 1. The number of nitrogens with zero attached hydrogens (tertiary/aromatic N) is 1. The lowest BCUT2D eigenvalue weighted by molar-refractivity contribution is -0.184. The van der Waals surface area contributed by atoms with Gasteiger partial charge in [0.05, 0.1) is 16.6 Å². The normalized spacial score (nSPS) is 42.4. The van der Waals surface area contributed by atoms with E-state index in [2.05, 4.69) is 11.9 Å². The maximum atomic E-state index is 11.9. The van der Waals surface area contributed by atoms with Gasteiger partial charge in [0.25, 0.3) is 5.91 Å². The summed E-state index contributed by atoms with van der Waals surface area (Å²) in [5.41, 5.74) is 13.2. The van der Waals surface area contributed by atoms with Crippen LogP contribution in [0.5, 0.6) is 5.75 Å². The molecule has 0 radical (unpaired) electrons. The van der Waals surface area contributed by atoms with Crippen molar-refractivity contribution in [1.82, 2.24) is 4.90 Å². The van der Waals surface area contributed by atoms with Crippen LogP contribution >= 0.6 is 0 Å². The second kappa shape index (κ2) is 4.31. The molecule has 4 aliphatic rings. The van der Waals surface area contributed by atoms with Crippen LogP contribution in [0.25, 0.3) is 0 Å². The number of hydrogen-bond acceptors (Lipinski definition) is 5. The van der Waals surface area contributed by atoms with E-state index in [0.717, 1.165) is 36.9 Å². The lowest BCUT2D eigenvalue weighted by atomic mass is 9.48. The molecule has 1 spiro atoms. The predicted molar refractivity (Wildman–Crippen MR) is 88.0 cm³/mol. The Morgan fingerprint density at radius 2 is 2.21 bits per heavy atom. The van der Waals surface area contributed by atoms with Crippen molar-refractivity contribution in [2.24, 2.45) is 11.5 Å². The number of likely N-dealkylation sites (tertiary alicyclic amines) is 1. The molecule has 5 atom stereocenters. The first-order valence-corrected chi connectivity index (χ1v) is 8.71. The molecule has 0 aromatic heterocycles. The summed E-state index contributed by atoms with van der Waals surface area (Å²) in [6, 6.07) is 3.66. The first-order valence-electron chi connectivity index (χ1n) is 8.71. The maximum absolute atomic E-state index is 11.9. The summed E-state index contributed by atoms with van der Waals surface area (Å²) in [6.07, 6.45) is 2.66. The number of carbonyl (C=O) groups excluding carboxylic acids is 1. The van der Waals surface area contributed by atoms with Crippen LogP contribution < -0.4 is 16.2 Å². The summed E-state index contributed by atoms with van der Waals surface area (Å²) in [4.78, 5) is 14.2. The average Bonchev–Trinajstić information content (AvgIpc) is 2.89. The van der Waals surface area contributed by atoms with Crippen LogP contribution in [-0.2, 0) is 11.8 Å². The molecule has 128 valence electrons. The molecule has 6 heteroatoms. The Kier molecular flexibility index (Phi) is 2.64. The summed E-state index contributed by atoms with van der Waals surface area (Å²) in [5, 5.41) is 11.8. The Bertz CT molecular complexity index is 766. The number of benzene rings is 1. The van der Waals surface area contributed by atoms with E-state index in [1.54, 1.807) is 6.07 Å². The number of aliphatic hydroxyl groups is 1. The zero-order valence-electron chi connectivity index (χ0n) is 13.8. The Labute approximate surface area is 140 Å². The molecule has 6 nitrogen and oxygen atoms in total. The van der Waals surface area contributed by atoms with Crippen LogP contribution in [0.4, 0.5) is 0 Å². The first-order chi connectivity index (χ1) is 11.4. The molecule has 2 aliphatic carbocycles. The smallest absolute Gasteiger partial charge is 0.252 e. The largest absolute Gasteiger partial charge is 0.487 e. The second-order valence-electron chi connectivity index (χ2n) is 7.93. The Morgan fingerprint density at radius 1 is 1.42 bits per heavy atom. The van der Waals surface area contributed by atoms with Crippen LogP contribution in [0, 0.1) is 0 Å². The van der Waals surface area contributed by atoms with E-state index in [-0.39, 0.29) is 18.2 Å². The van der Waals surface area contributed by atoms with Crippen LogP contribution in [-0.4, -0.2) is 53.3 Å². The molecule has 1 aromatic rings. The minimum atomic E-state index is -0.866. The van der Waals surface area contributed by atoms with E-state index in [4.69, 9.17) is 16.2 Å². The highest BCUT2D eigenvalue weighted by molar-refractivity contribution is 5.97. The number of nitrogens with two attached hydrogens (primary N) is 2. The molecule has 1 saturated heterocycles. The molecule has 5 N–H and O–H groups in total. The quantitative estimate of drug-likeness (QED) is 0.668. The molecule has 1 amide bonds. The zero-order valence-corrected chi connectivity index (χ0v) is 13.8. The lowest BCUT2D eigenvalue weighted by Gasteiger charge is -2.63. The third kappa shape index (κ3) is 1.38. The maximum Gasteiger partial charge on any atom is 0.252 e. The summed E-state index contributed by atoms with van der Waals surface area (Å²) >= 11 is 0. The van der Waals surface area contributed by atoms with Gasteiger partial charge in [-0.3, -0.25) is 4.79 Å². The standard InChI is InChI=1S/C18H23N3O3/c1-21-7-6-17-13-9-2-3-10(16(20)22)14(13)24-15(17)11(19)4-5-18(17,23)12(21)8-9/h2-3,11-12,15,23H,4-8,19H2,1H3,(H2,20,22)/t11-,12?,15?,17+,18-/m1/s1. The number of carbonyl (C=O) groups is 1. The predicted octanol–water partition coefficient (Wildman–Crippen LogP) is -0.103. The zero-order chi connectivity index (χ0) is 16.9. The molecular formula is C18H23N3O3. The van der Waals surface area contributed by atoms with E-state index in [9.17, 15) is 9.90 Å². The number of primary amides is 1. The fourth-order valence-corrected chi connectivity index (χ4v) is 6.00. The third-order valence-corrected chi connectivity index (χ3v) is 7.06. The van der Waals surface area contributed by atoms with Gasteiger partial charge in [0.1, 0.15) is 11.9 Å². The van der Waals surface area contributed by atoms with Gasteiger partial charge in [0.2, 0.25) is 0 Å². The van der Waals surface area contributed by atoms with Gasteiger partial charge in [0, 0.05) is 17.6 Å².